The summed E-state index contributed by atoms with van der Waals surface area (Å²) in [4.78, 5) is 22.6. The van der Waals surface area contributed by atoms with Gasteiger partial charge in [-0.3, -0.25) is 4.79 Å². The van der Waals surface area contributed by atoms with E-state index in [0.29, 0.717) is 18.4 Å². The molecule has 1 aromatic rings. The molecule has 0 bridgehead atoms. The predicted molar refractivity (Wildman–Crippen MR) is 79.9 cm³/mol. The van der Waals surface area contributed by atoms with E-state index in [0.717, 1.165) is 0 Å². The minimum atomic E-state index is -1.07. The standard InChI is InChI=1S/C17H17NO4/c1-12(19)22-16(2,17(11-18)9-10-17)8-7-13-5-3-4-6-14(13)15(20)21/h3-8H,9-10H2,1-2H3,(H,20,21)/b8-7+/t16-/m1/s1. The van der Waals surface area contributed by atoms with E-state index < -0.39 is 23.0 Å². The second-order valence-electron chi connectivity index (χ2n) is 5.62. The van der Waals surface area contributed by atoms with Crippen molar-refractivity contribution in [3.63, 3.8) is 0 Å². The summed E-state index contributed by atoms with van der Waals surface area (Å²) in [7, 11) is 0. The maximum absolute atomic E-state index is 11.4. The quantitative estimate of drug-likeness (QED) is 0.844. The van der Waals surface area contributed by atoms with Gasteiger partial charge in [-0.2, -0.15) is 5.26 Å². The van der Waals surface area contributed by atoms with Gasteiger partial charge in [-0.15, -0.1) is 0 Å². The van der Waals surface area contributed by atoms with Crippen LogP contribution in [0.3, 0.4) is 0 Å². The smallest absolute Gasteiger partial charge is 0.336 e. The number of ether oxygens (including phenoxy) is 1. The van der Waals surface area contributed by atoms with E-state index in [1.54, 1.807) is 37.3 Å². The molecule has 0 unspecified atom stereocenters. The Labute approximate surface area is 128 Å². The number of benzene rings is 1. The first kappa shape index (κ1) is 15.8. The summed E-state index contributed by atoms with van der Waals surface area (Å²) in [6.07, 6.45) is 4.52. The molecule has 1 aliphatic rings. The second kappa shape index (κ2) is 5.64. The molecule has 1 aliphatic carbocycles. The fourth-order valence-corrected chi connectivity index (χ4v) is 2.52. The van der Waals surface area contributed by atoms with Crippen molar-refractivity contribution in [3.05, 3.63) is 41.5 Å². The predicted octanol–water partition coefficient (Wildman–Crippen LogP) is 3.02. The summed E-state index contributed by atoms with van der Waals surface area (Å²) < 4.78 is 5.38. The number of aromatic carboxylic acids is 1. The average molecular weight is 299 g/mol. The van der Waals surface area contributed by atoms with E-state index in [1.165, 1.54) is 13.0 Å². The van der Waals surface area contributed by atoms with Gasteiger partial charge in [0.05, 0.1) is 11.6 Å². The number of nitrogens with zero attached hydrogens (tertiary/aromatic N) is 1. The van der Waals surface area contributed by atoms with Gasteiger partial charge in [-0.25, -0.2) is 4.79 Å². The van der Waals surface area contributed by atoms with Crippen LogP contribution in [0.5, 0.6) is 0 Å². The zero-order chi connectivity index (χ0) is 16.4. The van der Waals surface area contributed by atoms with Crippen molar-refractivity contribution in [3.8, 4) is 6.07 Å². The molecule has 0 radical (unpaired) electrons. The topological polar surface area (TPSA) is 87.4 Å². The maximum atomic E-state index is 11.4. The van der Waals surface area contributed by atoms with Crippen LogP contribution in [0, 0.1) is 16.7 Å². The van der Waals surface area contributed by atoms with Crippen molar-refractivity contribution in [1.29, 1.82) is 5.26 Å². The Hall–Kier alpha value is -2.61. The Kier molecular flexibility index (Phi) is 4.05. The zero-order valence-corrected chi connectivity index (χ0v) is 12.5. The van der Waals surface area contributed by atoms with Crippen LogP contribution < -0.4 is 0 Å². The monoisotopic (exact) mass is 299 g/mol. The Balaban J connectivity index is 2.39. The van der Waals surface area contributed by atoms with Crippen molar-refractivity contribution in [2.24, 2.45) is 5.41 Å². The number of carbonyl (C=O) groups is 2. The summed E-state index contributed by atoms with van der Waals surface area (Å²) in [6, 6.07) is 8.77. The Morgan fingerprint density at radius 1 is 1.41 bits per heavy atom. The van der Waals surface area contributed by atoms with Crippen LogP contribution in [0.2, 0.25) is 0 Å². The van der Waals surface area contributed by atoms with E-state index in [2.05, 4.69) is 6.07 Å². The molecule has 5 nitrogen and oxygen atoms in total. The lowest BCUT2D eigenvalue weighted by molar-refractivity contribution is -0.154. The number of carboxylic acid groups (broad SMARTS) is 1. The molecule has 0 amide bonds. The lowest BCUT2D eigenvalue weighted by Crippen LogP contribution is -2.38. The first-order chi connectivity index (χ1) is 10.3. The number of nitriles is 1. The number of carbonyl (C=O) groups excluding carboxylic acids is 1. The van der Waals surface area contributed by atoms with Crippen LogP contribution in [-0.4, -0.2) is 22.6 Å². The minimum absolute atomic E-state index is 0.158. The van der Waals surface area contributed by atoms with E-state index >= 15 is 0 Å². The Morgan fingerprint density at radius 2 is 2.05 bits per heavy atom. The van der Waals surface area contributed by atoms with Crippen molar-refractivity contribution in [2.45, 2.75) is 32.3 Å². The average Bonchev–Trinajstić information content (AvgIpc) is 3.26. The van der Waals surface area contributed by atoms with Crippen LogP contribution in [0.4, 0.5) is 0 Å². The molecule has 22 heavy (non-hydrogen) atoms. The highest BCUT2D eigenvalue weighted by Gasteiger charge is 2.59. The van der Waals surface area contributed by atoms with Gasteiger partial charge in [0, 0.05) is 6.92 Å². The molecule has 1 N–H and O–H groups in total. The molecule has 0 saturated heterocycles. The van der Waals surface area contributed by atoms with Gasteiger partial charge in [-0.05, 0) is 37.5 Å². The van der Waals surface area contributed by atoms with Crippen molar-refractivity contribution < 1.29 is 19.4 Å². The molecule has 114 valence electrons. The molecular weight excluding hydrogens is 282 g/mol. The third kappa shape index (κ3) is 2.86. The number of hydrogen-bond acceptors (Lipinski definition) is 4. The second-order valence-corrected chi connectivity index (χ2v) is 5.62. The molecule has 0 aliphatic heterocycles. The fraction of sp³-hybridized carbons (Fsp3) is 0.353. The molecule has 1 aromatic carbocycles. The fourth-order valence-electron chi connectivity index (χ4n) is 2.52. The Morgan fingerprint density at radius 3 is 2.55 bits per heavy atom. The van der Waals surface area contributed by atoms with Gasteiger partial charge >= 0.3 is 11.9 Å². The summed E-state index contributed by atoms with van der Waals surface area (Å²) in [5.74, 6) is -1.50. The van der Waals surface area contributed by atoms with Gasteiger partial charge in [0.25, 0.3) is 0 Å². The largest absolute Gasteiger partial charge is 0.478 e. The van der Waals surface area contributed by atoms with Crippen LogP contribution >= 0.6 is 0 Å². The Bertz CT molecular complexity index is 682. The van der Waals surface area contributed by atoms with Crippen LogP contribution in [0.25, 0.3) is 6.08 Å². The molecule has 2 rings (SSSR count). The minimum Gasteiger partial charge on any atom is -0.478 e. The highest BCUT2D eigenvalue weighted by molar-refractivity contribution is 5.92. The molecule has 0 heterocycles. The molecule has 1 atom stereocenters. The molecule has 1 saturated carbocycles. The van der Waals surface area contributed by atoms with E-state index in [4.69, 9.17) is 4.74 Å². The van der Waals surface area contributed by atoms with Gasteiger partial charge < -0.3 is 9.84 Å². The van der Waals surface area contributed by atoms with Crippen LogP contribution in [0.15, 0.2) is 30.3 Å². The van der Waals surface area contributed by atoms with Gasteiger partial charge in [0.15, 0.2) is 0 Å². The summed E-state index contributed by atoms with van der Waals surface area (Å²) in [5.41, 5.74) is -1.14. The normalized spacial score (nSPS) is 18.2. The van der Waals surface area contributed by atoms with E-state index in [9.17, 15) is 20.0 Å². The highest BCUT2D eigenvalue weighted by Crippen LogP contribution is 2.56. The van der Waals surface area contributed by atoms with Gasteiger partial charge in [0.1, 0.15) is 11.0 Å². The SMILES string of the molecule is CC(=O)O[C@](C)(/C=C/c1ccccc1C(=O)O)C1(C#N)CC1. The number of carboxylic acids is 1. The van der Waals surface area contributed by atoms with Gasteiger partial charge in [0.2, 0.25) is 0 Å². The summed E-state index contributed by atoms with van der Waals surface area (Å²) in [6.45, 7) is 2.98. The van der Waals surface area contributed by atoms with Crippen molar-refractivity contribution >= 4 is 18.0 Å². The first-order valence-electron chi connectivity index (χ1n) is 6.96. The van der Waals surface area contributed by atoms with Crippen LogP contribution in [-0.2, 0) is 9.53 Å². The molecular formula is C17H17NO4. The zero-order valence-electron chi connectivity index (χ0n) is 12.5. The third-order valence-corrected chi connectivity index (χ3v) is 4.04. The molecule has 5 heteroatoms. The van der Waals surface area contributed by atoms with Crippen molar-refractivity contribution in [2.75, 3.05) is 0 Å². The molecule has 0 spiro atoms. The van der Waals surface area contributed by atoms with Crippen molar-refractivity contribution in [1.82, 2.24) is 0 Å². The lowest BCUT2D eigenvalue weighted by atomic mass is 9.85. The molecule has 0 aromatic heterocycles. The summed E-state index contributed by atoms with van der Waals surface area (Å²) >= 11 is 0. The van der Waals surface area contributed by atoms with E-state index in [1.807, 2.05) is 0 Å². The number of rotatable bonds is 5. The van der Waals surface area contributed by atoms with E-state index in [-0.39, 0.29) is 5.56 Å². The number of hydrogen-bond donors (Lipinski definition) is 1. The summed E-state index contributed by atoms with van der Waals surface area (Å²) in [5, 5.41) is 18.6. The van der Waals surface area contributed by atoms with Crippen LogP contribution in [0.1, 0.15) is 42.6 Å². The van der Waals surface area contributed by atoms with Gasteiger partial charge in [-0.1, -0.05) is 24.3 Å². The third-order valence-electron chi connectivity index (χ3n) is 4.04. The number of esters is 1. The highest BCUT2D eigenvalue weighted by atomic mass is 16.6. The molecule has 1 fully saturated rings. The first-order valence-corrected chi connectivity index (χ1v) is 6.96. The maximum Gasteiger partial charge on any atom is 0.336 e. The lowest BCUT2D eigenvalue weighted by Gasteiger charge is -2.30.